The van der Waals surface area contributed by atoms with Gasteiger partial charge in [-0.05, 0) is 27.7 Å². The lowest BCUT2D eigenvalue weighted by Gasteiger charge is -2.21. The first-order valence-corrected chi connectivity index (χ1v) is 9.26. The molecule has 0 aromatic carbocycles. The first kappa shape index (κ1) is 17.3. The lowest BCUT2D eigenvalue weighted by atomic mass is 10.9. The van der Waals surface area contributed by atoms with E-state index in [1.807, 2.05) is 13.8 Å². The van der Waals surface area contributed by atoms with Crippen LogP contribution in [0.25, 0.3) is 0 Å². The van der Waals surface area contributed by atoms with Crippen molar-refractivity contribution in [2.45, 2.75) is 27.7 Å². The summed E-state index contributed by atoms with van der Waals surface area (Å²) in [7, 11) is -6.01. The minimum absolute atomic E-state index is 0.263. The van der Waals surface area contributed by atoms with Crippen molar-refractivity contribution in [3.63, 3.8) is 0 Å². The number of hydrogen-bond acceptors (Lipinski definition) is 5. The Morgan fingerprint density at radius 2 is 1.18 bits per heavy atom. The van der Waals surface area contributed by atoms with Crippen molar-refractivity contribution >= 4 is 15.3 Å². The van der Waals surface area contributed by atoms with Crippen LogP contribution < -0.4 is 0 Å². The largest absolute Gasteiger partial charge is 0.456 e. The zero-order chi connectivity index (χ0) is 13.4. The Labute approximate surface area is 104 Å². The molecule has 0 saturated carbocycles. The van der Waals surface area contributed by atoms with Gasteiger partial charge in [-0.1, -0.05) is 0 Å². The highest BCUT2D eigenvalue weighted by atomic mass is 31.2. The molecule has 6 nitrogen and oxygen atoms in total. The maximum Gasteiger partial charge on any atom is 0.456 e. The van der Waals surface area contributed by atoms with Crippen LogP contribution in [0.15, 0.2) is 4.52 Å². The third kappa shape index (κ3) is 6.70. The quantitative estimate of drug-likeness (QED) is 0.602. The average molecular weight is 287 g/mol. The van der Waals surface area contributed by atoms with E-state index < -0.39 is 15.3 Å². The predicted octanol–water partition coefficient (Wildman–Crippen LogP) is 3.90. The molecule has 0 N–H and O–H groups in total. The maximum atomic E-state index is 12.2. The van der Waals surface area contributed by atoms with Gasteiger partial charge in [-0.2, -0.15) is 0 Å². The van der Waals surface area contributed by atoms with E-state index in [0.29, 0.717) is 13.2 Å². The summed E-state index contributed by atoms with van der Waals surface area (Å²) in [5.74, 6) is 0. The second-order valence-electron chi connectivity index (χ2n) is 3.03. The molecule has 0 saturated heterocycles. The van der Waals surface area contributed by atoms with Gasteiger partial charge in [-0.15, -0.1) is 4.52 Å². The van der Waals surface area contributed by atoms with Gasteiger partial charge in [0.15, 0.2) is 0 Å². The molecule has 0 aliphatic heterocycles. The second kappa shape index (κ2) is 8.41. The lowest BCUT2D eigenvalue weighted by molar-refractivity contribution is 0.218. The van der Waals surface area contributed by atoms with E-state index in [1.54, 1.807) is 20.5 Å². The van der Waals surface area contributed by atoms with Gasteiger partial charge in [-0.25, -0.2) is 4.57 Å². The van der Waals surface area contributed by atoms with Crippen LogP contribution in [0.1, 0.15) is 27.7 Å². The van der Waals surface area contributed by atoms with Gasteiger partial charge in [0.1, 0.15) is 0 Å². The molecule has 0 aliphatic carbocycles. The Bertz CT molecular complexity index is 288. The van der Waals surface area contributed by atoms with Gasteiger partial charge >= 0.3 is 7.75 Å². The third-order valence-corrected chi connectivity index (χ3v) is 6.41. The molecule has 0 fully saturated rings. The van der Waals surface area contributed by atoms with E-state index in [9.17, 15) is 4.57 Å². The van der Waals surface area contributed by atoms with Gasteiger partial charge in [0.25, 0.3) is 0 Å². The predicted molar refractivity (Wildman–Crippen MR) is 69.4 cm³/mol. The van der Waals surface area contributed by atoms with Crippen molar-refractivity contribution in [1.29, 1.82) is 0 Å². The van der Waals surface area contributed by atoms with E-state index in [2.05, 4.69) is 4.52 Å². The molecule has 0 aromatic rings. The summed E-state index contributed by atoms with van der Waals surface area (Å²) in [6.07, 6.45) is 0. The average Bonchev–Trinajstić information content (AvgIpc) is 2.17. The van der Waals surface area contributed by atoms with Gasteiger partial charge in [0.05, 0.1) is 26.4 Å². The summed E-state index contributed by atoms with van der Waals surface area (Å²) in [6.45, 7) is 10.2. The van der Waals surface area contributed by atoms with Crippen molar-refractivity contribution in [1.82, 2.24) is 0 Å². The van der Waals surface area contributed by atoms with E-state index >= 15 is 0 Å². The maximum absolute atomic E-state index is 12.2. The van der Waals surface area contributed by atoms with Crippen molar-refractivity contribution in [3.8, 4) is 0 Å². The molecule has 0 spiro atoms. The highest BCUT2D eigenvalue weighted by Crippen LogP contribution is 2.62. The Morgan fingerprint density at radius 1 is 0.824 bits per heavy atom. The summed E-state index contributed by atoms with van der Waals surface area (Å²) < 4.78 is 37.4. The van der Waals surface area contributed by atoms with Crippen LogP contribution in [0.5, 0.6) is 0 Å². The number of rotatable bonds is 9. The Morgan fingerprint density at radius 3 is 1.47 bits per heavy atom. The molecule has 0 aliphatic rings. The minimum atomic E-state index is -3.48. The molecule has 0 amide bonds. The summed E-state index contributed by atoms with van der Waals surface area (Å²) in [6, 6.07) is 0. The van der Waals surface area contributed by atoms with Crippen LogP contribution in [0.4, 0.5) is 0 Å². The van der Waals surface area contributed by atoms with Gasteiger partial charge in [0.2, 0.25) is 7.51 Å². The van der Waals surface area contributed by atoms with E-state index in [1.165, 1.54) is 0 Å². The lowest BCUT2D eigenvalue weighted by Crippen LogP contribution is -1.98. The van der Waals surface area contributed by atoms with Crippen LogP contribution in [-0.4, -0.2) is 33.1 Å². The Balaban J connectivity index is 5.14. The summed E-state index contributed by atoms with van der Waals surface area (Å²) >= 11 is 0. The van der Waals surface area contributed by atoms with Gasteiger partial charge < -0.3 is 9.05 Å². The summed E-state index contributed by atoms with van der Waals surface area (Å²) in [4.78, 5) is 0. The number of nitrogens with zero attached hydrogens (tertiary/aromatic N) is 1. The summed E-state index contributed by atoms with van der Waals surface area (Å²) in [5.41, 5.74) is 0. The fraction of sp³-hybridized carbons (Fsp3) is 1.00. The minimum Gasteiger partial charge on any atom is -0.324 e. The van der Waals surface area contributed by atoms with Crippen molar-refractivity contribution in [2.75, 3.05) is 33.1 Å². The molecule has 0 unspecified atom stereocenters. The fourth-order valence-corrected chi connectivity index (χ4v) is 5.36. The molecule has 0 radical (unpaired) electrons. The van der Waals surface area contributed by atoms with Crippen LogP contribution in [0.2, 0.25) is 0 Å². The summed E-state index contributed by atoms with van der Waals surface area (Å²) in [5, 5.41) is 0. The molecule has 8 heteroatoms. The normalized spacial score (nSPS) is 12.8. The van der Waals surface area contributed by atoms with Crippen LogP contribution in [-0.2, 0) is 22.7 Å². The molecule has 17 heavy (non-hydrogen) atoms. The molecule has 0 heterocycles. The molecular weight excluding hydrogens is 264 g/mol. The fourth-order valence-electron chi connectivity index (χ4n) is 1.18. The van der Waals surface area contributed by atoms with Gasteiger partial charge in [0, 0.05) is 6.66 Å². The standard InChI is InChI=1S/C9H23NO5P2/c1-6-12-16(5,13-7-2)10-17(11,14-8-3)15-9-4/h6-9H2,1-5H3. The Hall–Kier alpha value is 0.300. The molecule has 0 atom stereocenters. The van der Waals surface area contributed by atoms with Crippen molar-refractivity contribution in [3.05, 3.63) is 0 Å². The zero-order valence-electron chi connectivity index (χ0n) is 11.2. The van der Waals surface area contributed by atoms with E-state index in [0.717, 1.165) is 0 Å². The molecular formula is C9H23NO5P2. The molecule has 0 rings (SSSR count). The molecule has 104 valence electrons. The molecule has 0 aromatic heterocycles. The van der Waals surface area contributed by atoms with E-state index in [-0.39, 0.29) is 13.2 Å². The molecule has 0 bridgehead atoms. The third-order valence-electron chi connectivity index (χ3n) is 1.59. The second-order valence-corrected chi connectivity index (χ2v) is 7.32. The zero-order valence-corrected chi connectivity index (χ0v) is 13.0. The highest BCUT2D eigenvalue weighted by molar-refractivity contribution is 7.66. The first-order valence-electron chi connectivity index (χ1n) is 5.74. The number of hydrogen-bond donors (Lipinski definition) is 0. The topological polar surface area (TPSA) is 66.4 Å². The SMILES string of the molecule is CCOP(=O)(N=P(C)(OCC)OCC)OCC. The first-order chi connectivity index (χ1) is 7.95. The van der Waals surface area contributed by atoms with Crippen molar-refractivity contribution < 1.29 is 22.7 Å². The Kier molecular flexibility index (Phi) is 8.56. The van der Waals surface area contributed by atoms with Crippen molar-refractivity contribution in [2.24, 2.45) is 4.52 Å². The monoisotopic (exact) mass is 287 g/mol. The van der Waals surface area contributed by atoms with Crippen LogP contribution in [0, 0.1) is 0 Å². The van der Waals surface area contributed by atoms with E-state index in [4.69, 9.17) is 18.1 Å². The highest BCUT2D eigenvalue weighted by Gasteiger charge is 2.28. The smallest absolute Gasteiger partial charge is 0.324 e. The van der Waals surface area contributed by atoms with Crippen LogP contribution >= 0.6 is 15.3 Å². The van der Waals surface area contributed by atoms with Crippen LogP contribution in [0.3, 0.4) is 0 Å². The van der Waals surface area contributed by atoms with Gasteiger partial charge in [-0.3, -0.25) is 9.05 Å².